The number of ether oxygens (including phenoxy) is 1. The Morgan fingerprint density at radius 3 is 2.56 bits per heavy atom. The summed E-state index contributed by atoms with van der Waals surface area (Å²) in [6.07, 6.45) is 1.88. The van der Waals surface area contributed by atoms with Crippen molar-refractivity contribution in [3.8, 4) is 11.4 Å². The van der Waals surface area contributed by atoms with E-state index >= 15 is 0 Å². The Balaban J connectivity index is 1.60. The van der Waals surface area contributed by atoms with E-state index in [1.165, 1.54) is 11.8 Å². The van der Waals surface area contributed by atoms with Crippen molar-refractivity contribution in [3.05, 3.63) is 80.4 Å². The molecule has 1 aliphatic heterocycles. The number of rotatable bonds is 5. The number of aromatic nitrogens is 1. The summed E-state index contributed by atoms with van der Waals surface area (Å²) in [4.78, 5) is 17.7. The highest BCUT2D eigenvalue weighted by molar-refractivity contribution is 8.18. The third-order valence-corrected chi connectivity index (χ3v) is 6.38. The van der Waals surface area contributed by atoms with Gasteiger partial charge in [-0.15, -0.1) is 0 Å². The first-order chi connectivity index (χ1) is 15.4. The average molecular weight is 486 g/mol. The van der Waals surface area contributed by atoms with E-state index in [2.05, 4.69) is 14.9 Å². The molecule has 0 bridgehead atoms. The normalized spacial score (nSPS) is 16.1. The van der Waals surface area contributed by atoms with Gasteiger partial charge in [-0.1, -0.05) is 23.2 Å². The summed E-state index contributed by atoms with van der Waals surface area (Å²) in [6, 6.07) is 14.9. The molecule has 8 heteroatoms. The van der Waals surface area contributed by atoms with E-state index in [0.29, 0.717) is 26.7 Å². The number of nitrogens with one attached hydrogen (secondary N) is 1. The van der Waals surface area contributed by atoms with Crippen LogP contribution in [0.3, 0.4) is 0 Å². The molecule has 1 saturated heterocycles. The van der Waals surface area contributed by atoms with Gasteiger partial charge in [0.1, 0.15) is 5.75 Å². The highest BCUT2D eigenvalue weighted by Gasteiger charge is 2.25. The number of amidine groups is 1. The Bertz CT molecular complexity index is 1250. The number of benzene rings is 2. The molecule has 1 aromatic heterocycles. The van der Waals surface area contributed by atoms with Gasteiger partial charge in [-0.05, 0) is 92.7 Å². The van der Waals surface area contributed by atoms with Crippen LogP contribution in [0.2, 0.25) is 10.0 Å². The average Bonchev–Trinajstić information content (AvgIpc) is 3.22. The Hall–Kier alpha value is -2.67. The number of aliphatic imine (C=N–C) groups is 1. The number of carbonyl (C=O) groups excluding carboxylic acids is 1. The highest BCUT2D eigenvalue weighted by atomic mass is 35.5. The molecule has 0 saturated carbocycles. The molecule has 0 unspecified atom stereocenters. The van der Waals surface area contributed by atoms with E-state index < -0.39 is 0 Å². The molecule has 0 spiro atoms. The van der Waals surface area contributed by atoms with Crippen LogP contribution in [-0.2, 0) is 4.79 Å². The molecule has 2 heterocycles. The zero-order valence-electron chi connectivity index (χ0n) is 17.8. The van der Waals surface area contributed by atoms with Crippen molar-refractivity contribution >= 4 is 57.8 Å². The fraction of sp³-hybridized carbons (Fsp3) is 0.167. The summed E-state index contributed by atoms with van der Waals surface area (Å²) >= 11 is 13.8. The van der Waals surface area contributed by atoms with Gasteiger partial charge in [0.15, 0.2) is 5.17 Å². The van der Waals surface area contributed by atoms with Gasteiger partial charge in [0, 0.05) is 16.4 Å². The van der Waals surface area contributed by atoms with Crippen molar-refractivity contribution < 1.29 is 9.53 Å². The molecule has 1 N–H and O–H groups in total. The second-order valence-corrected chi connectivity index (χ2v) is 9.04. The van der Waals surface area contributed by atoms with Gasteiger partial charge in [-0.2, -0.15) is 0 Å². The third kappa shape index (κ3) is 4.72. The molecule has 1 fully saturated rings. The first-order valence-electron chi connectivity index (χ1n) is 10.0. The van der Waals surface area contributed by atoms with Crippen LogP contribution in [0.4, 0.5) is 5.69 Å². The molecule has 1 aliphatic rings. The summed E-state index contributed by atoms with van der Waals surface area (Å²) in [5, 5.41) is 4.53. The van der Waals surface area contributed by atoms with Gasteiger partial charge in [-0.3, -0.25) is 4.79 Å². The zero-order valence-corrected chi connectivity index (χ0v) is 20.1. The van der Waals surface area contributed by atoms with Crippen molar-refractivity contribution in [2.24, 2.45) is 4.99 Å². The number of carbonyl (C=O) groups is 1. The van der Waals surface area contributed by atoms with Crippen LogP contribution >= 0.6 is 35.0 Å². The van der Waals surface area contributed by atoms with E-state index in [1.807, 2.05) is 69.3 Å². The Morgan fingerprint density at radius 2 is 1.88 bits per heavy atom. The first kappa shape index (κ1) is 22.5. The molecular weight excluding hydrogens is 465 g/mol. The number of amides is 1. The molecule has 5 nitrogen and oxygen atoms in total. The molecule has 164 valence electrons. The summed E-state index contributed by atoms with van der Waals surface area (Å²) in [6.45, 7) is 6.55. The second kappa shape index (κ2) is 9.45. The molecule has 4 rings (SSSR count). The smallest absolute Gasteiger partial charge is 0.264 e. The van der Waals surface area contributed by atoms with Crippen molar-refractivity contribution in [2.45, 2.75) is 20.8 Å². The predicted molar refractivity (Wildman–Crippen MR) is 134 cm³/mol. The van der Waals surface area contributed by atoms with Crippen LogP contribution in [-0.4, -0.2) is 22.2 Å². The number of nitrogens with zero attached hydrogens (tertiary/aromatic N) is 2. The number of hydrogen-bond acceptors (Lipinski definition) is 4. The minimum absolute atomic E-state index is 0.172. The summed E-state index contributed by atoms with van der Waals surface area (Å²) in [5.41, 5.74) is 4.51. The molecule has 3 aromatic rings. The van der Waals surface area contributed by atoms with Crippen molar-refractivity contribution in [1.82, 2.24) is 9.88 Å². The van der Waals surface area contributed by atoms with Crippen molar-refractivity contribution in [2.75, 3.05) is 6.61 Å². The van der Waals surface area contributed by atoms with Gasteiger partial charge < -0.3 is 14.6 Å². The van der Waals surface area contributed by atoms with Gasteiger partial charge in [0.25, 0.3) is 5.91 Å². The van der Waals surface area contributed by atoms with Crippen LogP contribution in [0.25, 0.3) is 11.8 Å². The zero-order chi connectivity index (χ0) is 22.8. The summed E-state index contributed by atoms with van der Waals surface area (Å²) in [7, 11) is 0. The second-order valence-electron chi connectivity index (χ2n) is 7.17. The fourth-order valence-electron chi connectivity index (χ4n) is 3.49. The minimum atomic E-state index is -0.172. The topological polar surface area (TPSA) is 55.6 Å². The van der Waals surface area contributed by atoms with Crippen LogP contribution < -0.4 is 10.1 Å². The van der Waals surface area contributed by atoms with Crippen LogP contribution in [0, 0.1) is 13.8 Å². The monoisotopic (exact) mass is 485 g/mol. The molecule has 0 aliphatic carbocycles. The van der Waals surface area contributed by atoms with E-state index in [-0.39, 0.29) is 5.91 Å². The van der Waals surface area contributed by atoms with Crippen LogP contribution in [0.5, 0.6) is 5.75 Å². The maximum absolute atomic E-state index is 12.5. The lowest BCUT2D eigenvalue weighted by atomic mass is 10.2. The Kier molecular flexibility index (Phi) is 6.65. The summed E-state index contributed by atoms with van der Waals surface area (Å²) < 4.78 is 7.50. The largest absolute Gasteiger partial charge is 0.494 e. The molecule has 2 aromatic carbocycles. The van der Waals surface area contributed by atoms with Gasteiger partial charge in [-0.25, -0.2) is 4.99 Å². The molecule has 0 atom stereocenters. The van der Waals surface area contributed by atoms with Gasteiger partial charge in [0.2, 0.25) is 0 Å². The number of hydrogen-bond donors (Lipinski definition) is 1. The van der Waals surface area contributed by atoms with Crippen molar-refractivity contribution in [1.29, 1.82) is 0 Å². The maximum Gasteiger partial charge on any atom is 0.264 e. The SMILES string of the molecule is CCOc1ccc(N=C2NC(=O)/C(=C\c3cc(C)n(-c4ccc(Cl)cc4Cl)c3C)S2)cc1. The van der Waals surface area contributed by atoms with E-state index in [0.717, 1.165) is 34.1 Å². The van der Waals surface area contributed by atoms with Crippen LogP contribution in [0.1, 0.15) is 23.9 Å². The number of thioether (sulfide) groups is 1. The lowest BCUT2D eigenvalue weighted by molar-refractivity contribution is -0.115. The third-order valence-electron chi connectivity index (χ3n) is 4.94. The van der Waals surface area contributed by atoms with Crippen LogP contribution in [0.15, 0.2) is 58.4 Å². The van der Waals surface area contributed by atoms with E-state index in [1.54, 1.807) is 6.07 Å². The Labute approximate surface area is 201 Å². The molecule has 0 radical (unpaired) electrons. The first-order valence-corrected chi connectivity index (χ1v) is 11.6. The number of aryl methyl sites for hydroxylation is 1. The minimum Gasteiger partial charge on any atom is -0.494 e. The molecule has 1 amide bonds. The van der Waals surface area contributed by atoms with Gasteiger partial charge >= 0.3 is 0 Å². The van der Waals surface area contributed by atoms with Crippen molar-refractivity contribution in [3.63, 3.8) is 0 Å². The maximum atomic E-state index is 12.5. The fourth-order valence-corrected chi connectivity index (χ4v) is 4.82. The summed E-state index contributed by atoms with van der Waals surface area (Å²) in [5.74, 6) is 0.616. The molecular formula is C24H21Cl2N3O2S. The quantitative estimate of drug-likeness (QED) is 0.409. The standard InChI is InChI=1S/C24H21Cl2N3O2S/c1-4-31-19-8-6-18(7-9-19)27-24-28-23(30)22(32-24)12-16-11-14(2)29(15(16)3)21-10-5-17(25)13-20(21)26/h5-13H,4H2,1-3H3,(H,27,28,30)/b22-12+. The highest BCUT2D eigenvalue weighted by Crippen LogP contribution is 2.33. The predicted octanol–water partition coefficient (Wildman–Crippen LogP) is 6.69. The van der Waals surface area contributed by atoms with E-state index in [4.69, 9.17) is 27.9 Å². The van der Waals surface area contributed by atoms with Gasteiger partial charge in [0.05, 0.1) is 27.9 Å². The van der Waals surface area contributed by atoms with E-state index in [9.17, 15) is 4.79 Å². The lowest BCUT2D eigenvalue weighted by Crippen LogP contribution is -2.19. The lowest BCUT2D eigenvalue weighted by Gasteiger charge is -2.12. The molecule has 32 heavy (non-hydrogen) atoms. The Morgan fingerprint density at radius 1 is 1.12 bits per heavy atom. The number of halogens is 2.